The van der Waals surface area contributed by atoms with Gasteiger partial charge >= 0.3 is 0 Å². The van der Waals surface area contributed by atoms with E-state index in [-0.39, 0.29) is 17.5 Å². The summed E-state index contributed by atoms with van der Waals surface area (Å²) in [7, 11) is -2.87. The zero-order valence-corrected chi connectivity index (χ0v) is 12.7. The van der Waals surface area contributed by atoms with Crippen molar-refractivity contribution in [3.63, 3.8) is 0 Å². The number of sulfone groups is 1. The summed E-state index contributed by atoms with van der Waals surface area (Å²) in [5, 5.41) is 4.56. The second kappa shape index (κ2) is 5.25. The van der Waals surface area contributed by atoms with Crippen LogP contribution >= 0.6 is 0 Å². The van der Waals surface area contributed by atoms with E-state index in [1.807, 2.05) is 18.5 Å². The molecule has 108 valence electrons. The van der Waals surface area contributed by atoms with Gasteiger partial charge in [-0.2, -0.15) is 5.10 Å². The number of hydrogen-bond donors (Lipinski definition) is 1. The van der Waals surface area contributed by atoms with E-state index in [2.05, 4.69) is 12.0 Å². The van der Waals surface area contributed by atoms with Gasteiger partial charge in [0.05, 0.1) is 23.2 Å². The summed E-state index contributed by atoms with van der Waals surface area (Å²) in [5.41, 5.74) is 9.00. The molecule has 2 N–H and O–H groups in total. The van der Waals surface area contributed by atoms with E-state index < -0.39 is 9.84 Å². The summed E-state index contributed by atoms with van der Waals surface area (Å²) in [4.78, 5) is 0. The van der Waals surface area contributed by atoms with E-state index in [1.54, 1.807) is 0 Å². The molecule has 2 atom stereocenters. The van der Waals surface area contributed by atoms with Crippen LogP contribution in [0.15, 0.2) is 0 Å². The zero-order chi connectivity index (χ0) is 14.2. The molecule has 5 nitrogen and oxygen atoms in total. The Labute approximate surface area is 115 Å². The van der Waals surface area contributed by atoms with Crippen LogP contribution in [0.1, 0.15) is 36.3 Å². The molecule has 2 heterocycles. The molecule has 1 aromatic rings. The predicted molar refractivity (Wildman–Crippen MR) is 75.9 cm³/mol. The average Bonchev–Trinajstić information content (AvgIpc) is 2.83. The third-order valence-corrected chi connectivity index (χ3v) is 5.73. The Morgan fingerprint density at radius 2 is 2.16 bits per heavy atom. The average molecular weight is 285 g/mol. The topological polar surface area (TPSA) is 78.0 Å². The van der Waals surface area contributed by atoms with Gasteiger partial charge in [0.1, 0.15) is 0 Å². The van der Waals surface area contributed by atoms with Crippen molar-refractivity contribution in [2.24, 2.45) is 11.7 Å². The second-order valence-electron chi connectivity index (χ2n) is 5.70. The van der Waals surface area contributed by atoms with E-state index in [4.69, 9.17) is 5.73 Å². The Morgan fingerprint density at radius 1 is 1.47 bits per heavy atom. The van der Waals surface area contributed by atoms with Crippen LogP contribution in [0.2, 0.25) is 0 Å². The lowest BCUT2D eigenvalue weighted by Gasteiger charge is -2.12. The Hall–Kier alpha value is -0.880. The van der Waals surface area contributed by atoms with Crippen molar-refractivity contribution in [3.05, 3.63) is 17.0 Å². The summed E-state index contributed by atoms with van der Waals surface area (Å²) in [6, 6.07) is 0.00522. The fraction of sp³-hybridized carbons (Fsp3) is 0.769. The molecule has 6 heteroatoms. The normalized spacial score (nSPS) is 23.7. The molecule has 0 aliphatic carbocycles. The highest BCUT2D eigenvalue weighted by Gasteiger charge is 2.31. The fourth-order valence-electron chi connectivity index (χ4n) is 2.75. The van der Waals surface area contributed by atoms with Crippen LogP contribution in [0.4, 0.5) is 0 Å². The SMILES string of the molecule is Cc1nn(C2CCS(=O)(=O)C2)c(C)c1CC(C)CN. The second-order valence-corrected chi connectivity index (χ2v) is 7.92. The lowest BCUT2D eigenvalue weighted by Crippen LogP contribution is -2.15. The van der Waals surface area contributed by atoms with Gasteiger partial charge in [0.25, 0.3) is 0 Å². The molecule has 0 aromatic carbocycles. The quantitative estimate of drug-likeness (QED) is 0.895. The van der Waals surface area contributed by atoms with Crippen molar-refractivity contribution in [1.29, 1.82) is 0 Å². The van der Waals surface area contributed by atoms with Crippen molar-refractivity contribution < 1.29 is 8.42 Å². The molecule has 1 saturated heterocycles. The highest BCUT2D eigenvalue weighted by atomic mass is 32.2. The highest BCUT2D eigenvalue weighted by molar-refractivity contribution is 7.91. The maximum absolute atomic E-state index is 11.6. The molecule has 1 aromatic heterocycles. The van der Waals surface area contributed by atoms with Crippen LogP contribution in [-0.2, 0) is 16.3 Å². The van der Waals surface area contributed by atoms with Crippen LogP contribution < -0.4 is 5.73 Å². The van der Waals surface area contributed by atoms with Gasteiger partial charge in [0, 0.05) is 5.69 Å². The first-order valence-corrected chi connectivity index (χ1v) is 8.61. The fourth-order valence-corrected chi connectivity index (χ4v) is 4.44. The van der Waals surface area contributed by atoms with Crippen LogP contribution in [-0.4, -0.2) is 36.2 Å². The van der Waals surface area contributed by atoms with E-state index >= 15 is 0 Å². The highest BCUT2D eigenvalue weighted by Crippen LogP contribution is 2.27. The third kappa shape index (κ3) is 3.00. The number of aryl methyl sites for hydroxylation is 1. The molecule has 0 amide bonds. The lowest BCUT2D eigenvalue weighted by atomic mass is 10.00. The number of hydrogen-bond acceptors (Lipinski definition) is 4. The van der Waals surface area contributed by atoms with E-state index in [1.165, 1.54) is 5.56 Å². The van der Waals surface area contributed by atoms with E-state index in [9.17, 15) is 8.42 Å². The summed E-state index contributed by atoms with van der Waals surface area (Å²) >= 11 is 0. The van der Waals surface area contributed by atoms with Gasteiger partial charge in [0.15, 0.2) is 9.84 Å². The van der Waals surface area contributed by atoms with Crippen molar-refractivity contribution in [2.45, 2.75) is 39.7 Å². The summed E-state index contributed by atoms with van der Waals surface area (Å²) in [5.74, 6) is 0.924. The Bertz CT molecular complexity index is 563. The van der Waals surface area contributed by atoms with E-state index in [0.717, 1.165) is 17.8 Å². The van der Waals surface area contributed by atoms with Crippen molar-refractivity contribution in [1.82, 2.24) is 9.78 Å². The molecule has 1 aliphatic heterocycles. The van der Waals surface area contributed by atoms with Crippen LogP contribution in [0.5, 0.6) is 0 Å². The van der Waals surface area contributed by atoms with Crippen molar-refractivity contribution in [3.8, 4) is 0 Å². The minimum Gasteiger partial charge on any atom is -0.330 e. The van der Waals surface area contributed by atoms with Crippen LogP contribution in [0.3, 0.4) is 0 Å². The first-order valence-electron chi connectivity index (χ1n) is 6.79. The van der Waals surface area contributed by atoms with Gasteiger partial charge in [-0.25, -0.2) is 8.42 Å². The van der Waals surface area contributed by atoms with Crippen molar-refractivity contribution >= 4 is 9.84 Å². The smallest absolute Gasteiger partial charge is 0.152 e. The summed E-state index contributed by atoms with van der Waals surface area (Å²) < 4.78 is 25.1. The number of aromatic nitrogens is 2. The molecule has 0 radical (unpaired) electrons. The number of nitrogens with zero attached hydrogens (tertiary/aromatic N) is 2. The Balaban J connectivity index is 2.26. The Morgan fingerprint density at radius 3 is 2.68 bits per heavy atom. The maximum atomic E-state index is 11.6. The molecule has 0 saturated carbocycles. The largest absolute Gasteiger partial charge is 0.330 e. The first kappa shape index (κ1) is 14.5. The molecule has 0 spiro atoms. The summed E-state index contributed by atoms with van der Waals surface area (Å²) in [6.45, 7) is 6.80. The van der Waals surface area contributed by atoms with Crippen molar-refractivity contribution in [2.75, 3.05) is 18.1 Å². The minimum absolute atomic E-state index is 0.00522. The van der Waals surface area contributed by atoms with Gasteiger partial charge in [-0.3, -0.25) is 4.68 Å². The zero-order valence-electron chi connectivity index (χ0n) is 11.9. The van der Waals surface area contributed by atoms with Gasteiger partial charge in [-0.15, -0.1) is 0 Å². The van der Waals surface area contributed by atoms with Crippen LogP contribution in [0.25, 0.3) is 0 Å². The minimum atomic E-state index is -2.87. The maximum Gasteiger partial charge on any atom is 0.152 e. The first-order chi connectivity index (χ1) is 8.84. The molecule has 2 rings (SSSR count). The monoisotopic (exact) mass is 285 g/mol. The van der Waals surface area contributed by atoms with E-state index in [0.29, 0.717) is 18.9 Å². The third-order valence-electron chi connectivity index (χ3n) is 3.98. The molecule has 1 fully saturated rings. The summed E-state index contributed by atoms with van der Waals surface area (Å²) in [6.07, 6.45) is 1.59. The molecular weight excluding hydrogens is 262 g/mol. The van der Waals surface area contributed by atoms with Crippen LogP contribution in [0, 0.1) is 19.8 Å². The molecule has 0 bridgehead atoms. The van der Waals surface area contributed by atoms with Gasteiger partial charge in [-0.05, 0) is 44.7 Å². The lowest BCUT2D eigenvalue weighted by molar-refractivity contribution is 0.484. The van der Waals surface area contributed by atoms with Gasteiger partial charge < -0.3 is 5.73 Å². The molecule has 2 unspecified atom stereocenters. The van der Waals surface area contributed by atoms with Gasteiger partial charge in [0.2, 0.25) is 0 Å². The molecule has 19 heavy (non-hydrogen) atoms. The Kier molecular flexibility index (Phi) is 4.01. The number of nitrogens with two attached hydrogens (primary N) is 1. The standard InChI is InChI=1S/C13H23N3O2S/c1-9(7-14)6-13-10(2)15-16(11(13)3)12-4-5-19(17,18)8-12/h9,12H,4-8,14H2,1-3H3. The predicted octanol–water partition coefficient (Wildman–Crippen LogP) is 0.997. The van der Waals surface area contributed by atoms with Gasteiger partial charge in [-0.1, -0.05) is 6.92 Å². The number of rotatable bonds is 4. The molecule has 1 aliphatic rings. The molecular formula is C13H23N3O2S.